The third-order valence-electron chi connectivity index (χ3n) is 4.94. The van der Waals surface area contributed by atoms with Crippen LogP contribution in [0.25, 0.3) is 0 Å². The average Bonchev–Trinajstić information content (AvgIpc) is 3.06. The second-order valence-corrected chi connectivity index (χ2v) is 7.09. The second kappa shape index (κ2) is 8.25. The van der Waals surface area contributed by atoms with Crippen molar-refractivity contribution in [2.45, 2.75) is 32.9 Å². The van der Waals surface area contributed by atoms with Gasteiger partial charge in [0.05, 0.1) is 7.11 Å². The second-order valence-electron chi connectivity index (χ2n) is 7.09. The third-order valence-corrected chi connectivity index (χ3v) is 4.94. The van der Waals surface area contributed by atoms with Gasteiger partial charge in [-0.25, -0.2) is 0 Å². The van der Waals surface area contributed by atoms with Gasteiger partial charge >= 0.3 is 0 Å². The fraction of sp³-hybridized carbons (Fsp3) is 0.364. The summed E-state index contributed by atoms with van der Waals surface area (Å²) in [5.74, 6) is 0.954. The molecule has 0 aromatic heterocycles. The lowest BCUT2D eigenvalue weighted by atomic mass is 10.1. The highest BCUT2D eigenvalue weighted by Gasteiger charge is 2.20. The van der Waals surface area contributed by atoms with Crippen molar-refractivity contribution in [1.82, 2.24) is 9.80 Å². The quantitative estimate of drug-likeness (QED) is 0.787. The van der Waals surface area contributed by atoms with Crippen molar-refractivity contribution in [2.24, 2.45) is 0 Å². The highest BCUT2D eigenvalue weighted by Crippen LogP contribution is 2.22. The number of rotatable bonds is 6. The predicted molar refractivity (Wildman–Crippen MR) is 105 cm³/mol. The molecule has 1 aliphatic heterocycles. The number of hydrogen-bond acceptors (Lipinski definition) is 3. The average molecular weight is 366 g/mol. The molecule has 2 aromatic rings. The molecule has 1 aliphatic rings. The van der Waals surface area contributed by atoms with E-state index in [0.29, 0.717) is 25.1 Å². The van der Waals surface area contributed by atoms with E-state index in [2.05, 4.69) is 0 Å². The van der Waals surface area contributed by atoms with E-state index < -0.39 is 0 Å². The molecule has 27 heavy (non-hydrogen) atoms. The van der Waals surface area contributed by atoms with E-state index >= 15 is 0 Å². The summed E-state index contributed by atoms with van der Waals surface area (Å²) in [6, 6.07) is 13.5. The molecule has 2 aromatic carbocycles. The van der Waals surface area contributed by atoms with Crippen molar-refractivity contribution in [3.63, 3.8) is 0 Å². The Hall–Kier alpha value is -2.82. The zero-order valence-electron chi connectivity index (χ0n) is 16.2. The van der Waals surface area contributed by atoms with Gasteiger partial charge < -0.3 is 14.5 Å². The maximum Gasteiger partial charge on any atom is 0.253 e. The van der Waals surface area contributed by atoms with Crippen LogP contribution in [0.2, 0.25) is 0 Å². The fourth-order valence-corrected chi connectivity index (χ4v) is 3.42. The molecule has 0 unspecified atom stereocenters. The van der Waals surface area contributed by atoms with E-state index in [1.807, 2.05) is 54.3 Å². The first-order valence-corrected chi connectivity index (χ1v) is 9.23. The van der Waals surface area contributed by atoms with E-state index in [-0.39, 0.29) is 11.8 Å². The zero-order valence-corrected chi connectivity index (χ0v) is 16.2. The Labute approximate surface area is 160 Å². The molecule has 5 nitrogen and oxygen atoms in total. The first-order chi connectivity index (χ1) is 13.0. The van der Waals surface area contributed by atoms with Gasteiger partial charge in [0.1, 0.15) is 5.75 Å². The van der Waals surface area contributed by atoms with Crippen LogP contribution >= 0.6 is 0 Å². The lowest BCUT2D eigenvalue weighted by molar-refractivity contribution is -0.128. The Morgan fingerprint density at radius 2 is 1.93 bits per heavy atom. The van der Waals surface area contributed by atoms with Gasteiger partial charge in [-0.15, -0.1) is 0 Å². The minimum Gasteiger partial charge on any atom is -0.496 e. The maximum absolute atomic E-state index is 12.8. The number of benzene rings is 2. The predicted octanol–water partition coefficient (Wildman–Crippen LogP) is 3.40. The molecule has 0 N–H and O–H groups in total. The summed E-state index contributed by atoms with van der Waals surface area (Å²) in [4.78, 5) is 28.1. The van der Waals surface area contributed by atoms with Crippen molar-refractivity contribution in [1.29, 1.82) is 0 Å². The van der Waals surface area contributed by atoms with Crippen molar-refractivity contribution >= 4 is 11.8 Å². The molecule has 3 rings (SSSR count). The fourth-order valence-electron chi connectivity index (χ4n) is 3.42. The molecule has 1 saturated heterocycles. The van der Waals surface area contributed by atoms with Crippen LogP contribution in [0.15, 0.2) is 42.5 Å². The van der Waals surface area contributed by atoms with Crippen molar-refractivity contribution in [2.75, 3.05) is 20.7 Å². The van der Waals surface area contributed by atoms with Crippen molar-refractivity contribution in [3.8, 4) is 5.75 Å². The number of nitrogens with zero attached hydrogens (tertiary/aromatic N) is 2. The van der Waals surface area contributed by atoms with Gasteiger partial charge in [-0.1, -0.05) is 29.8 Å². The minimum atomic E-state index is -0.0395. The van der Waals surface area contributed by atoms with E-state index in [4.69, 9.17) is 4.74 Å². The van der Waals surface area contributed by atoms with Gasteiger partial charge in [-0.2, -0.15) is 0 Å². The topological polar surface area (TPSA) is 49.9 Å². The van der Waals surface area contributed by atoms with Crippen LogP contribution in [0.5, 0.6) is 5.75 Å². The van der Waals surface area contributed by atoms with Gasteiger partial charge in [0.25, 0.3) is 5.91 Å². The standard InChI is InChI=1S/C22H26N2O3/c1-16-6-11-20(27-3)19(13-16)15-23(2)22(26)18-9-7-17(8-10-18)14-24-12-4-5-21(24)25/h6-11,13H,4-5,12,14-15H2,1-3H3. The maximum atomic E-state index is 12.8. The zero-order chi connectivity index (χ0) is 19.4. The summed E-state index contributed by atoms with van der Waals surface area (Å²) >= 11 is 0. The molecule has 0 bridgehead atoms. The SMILES string of the molecule is COc1ccc(C)cc1CN(C)C(=O)c1ccc(CN2CCCC2=O)cc1. The van der Waals surface area contributed by atoms with Gasteiger partial charge in [0.2, 0.25) is 5.91 Å². The Kier molecular flexibility index (Phi) is 5.79. The molecule has 2 amide bonds. The summed E-state index contributed by atoms with van der Waals surface area (Å²) in [6.07, 6.45) is 1.58. The minimum absolute atomic E-state index is 0.0395. The van der Waals surface area contributed by atoms with Gasteiger partial charge in [0.15, 0.2) is 0 Å². The molecule has 0 spiro atoms. The van der Waals surface area contributed by atoms with Crippen LogP contribution in [-0.2, 0) is 17.9 Å². The number of likely N-dealkylation sites (tertiary alicyclic amines) is 1. The van der Waals surface area contributed by atoms with Crippen molar-refractivity contribution < 1.29 is 14.3 Å². The Bertz CT molecular complexity index is 830. The van der Waals surface area contributed by atoms with E-state index in [1.165, 1.54) is 0 Å². The molecule has 1 fully saturated rings. The largest absolute Gasteiger partial charge is 0.496 e. The molecule has 0 atom stereocenters. The number of carbonyl (C=O) groups excluding carboxylic acids is 2. The lowest BCUT2D eigenvalue weighted by Gasteiger charge is -2.20. The van der Waals surface area contributed by atoms with Crippen molar-refractivity contribution in [3.05, 3.63) is 64.7 Å². The first-order valence-electron chi connectivity index (χ1n) is 9.23. The first kappa shape index (κ1) is 19.0. The monoisotopic (exact) mass is 366 g/mol. The molecule has 0 aliphatic carbocycles. The molecular weight excluding hydrogens is 340 g/mol. The molecular formula is C22H26N2O3. The van der Waals surface area contributed by atoms with Crippen LogP contribution < -0.4 is 4.74 Å². The molecule has 0 saturated carbocycles. The molecule has 0 radical (unpaired) electrons. The van der Waals surface area contributed by atoms with Crippen LogP contribution in [0.3, 0.4) is 0 Å². The number of aryl methyl sites for hydroxylation is 1. The van der Waals surface area contributed by atoms with E-state index in [9.17, 15) is 9.59 Å². The van der Waals surface area contributed by atoms with Crippen LogP contribution in [-0.4, -0.2) is 42.3 Å². The Morgan fingerprint density at radius 3 is 2.56 bits per heavy atom. The highest BCUT2D eigenvalue weighted by atomic mass is 16.5. The molecule has 142 valence electrons. The Balaban J connectivity index is 1.66. The number of ether oxygens (including phenoxy) is 1. The Morgan fingerprint density at radius 1 is 1.19 bits per heavy atom. The van der Waals surface area contributed by atoms with E-state index in [1.54, 1.807) is 19.1 Å². The summed E-state index contributed by atoms with van der Waals surface area (Å²) < 4.78 is 5.40. The lowest BCUT2D eigenvalue weighted by Crippen LogP contribution is -2.26. The highest BCUT2D eigenvalue weighted by molar-refractivity contribution is 5.94. The summed E-state index contributed by atoms with van der Waals surface area (Å²) in [7, 11) is 3.43. The summed E-state index contributed by atoms with van der Waals surface area (Å²) in [5.41, 5.74) is 3.80. The van der Waals surface area contributed by atoms with E-state index in [0.717, 1.165) is 35.4 Å². The smallest absolute Gasteiger partial charge is 0.253 e. The van der Waals surface area contributed by atoms with Gasteiger partial charge in [0, 0.05) is 44.2 Å². The van der Waals surface area contributed by atoms with Crippen LogP contribution in [0, 0.1) is 6.92 Å². The number of carbonyl (C=O) groups is 2. The van der Waals surface area contributed by atoms with Crippen LogP contribution in [0.4, 0.5) is 0 Å². The van der Waals surface area contributed by atoms with Crippen LogP contribution in [0.1, 0.15) is 39.9 Å². The number of hydrogen-bond donors (Lipinski definition) is 0. The molecule has 5 heteroatoms. The normalized spacial score (nSPS) is 13.7. The van der Waals surface area contributed by atoms with Gasteiger partial charge in [-0.05, 0) is 37.1 Å². The molecule has 1 heterocycles. The number of amides is 2. The number of methoxy groups -OCH3 is 1. The third kappa shape index (κ3) is 4.48. The van der Waals surface area contributed by atoms with Gasteiger partial charge in [-0.3, -0.25) is 9.59 Å². The summed E-state index contributed by atoms with van der Waals surface area (Å²) in [5, 5.41) is 0. The summed E-state index contributed by atoms with van der Waals surface area (Å²) in [6.45, 7) is 3.94.